The number of amides is 1. The number of nitrogens with one attached hydrogen (secondary N) is 1. The monoisotopic (exact) mass is 362 g/mol. The van der Waals surface area contributed by atoms with Crippen LogP contribution in [0.2, 0.25) is 0 Å². The van der Waals surface area contributed by atoms with E-state index in [4.69, 9.17) is 9.47 Å². The topological polar surface area (TPSA) is 60.5 Å². The molecule has 0 aliphatic heterocycles. The van der Waals surface area contributed by atoms with E-state index in [0.717, 1.165) is 16.9 Å². The Kier molecular flexibility index (Phi) is 6.41. The number of hydrogen-bond acceptors (Lipinski definition) is 4. The molecule has 5 heteroatoms. The van der Waals surface area contributed by atoms with E-state index in [1.807, 2.05) is 61.5 Å². The molecule has 1 aromatic heterocycles. The van der Waals surface area contributed by atoms with E-state index in [0.29, 0.717) is 12.4 Å². The minimum absolute atomic E-state index is 0.0468. The van der Waals surface area contributed by atoms with E-state index in [9.17, 15) is 4.79 Å². The summed E-state index contributed by atoms with van der Waals surface area (Å²) < 4.78 is 11.3. The van der Waals surface area contributed by atoms with Gasteiger partial charge in [-0.2, -0.15) is 0 Å². The molecular weight excluding hydrogens is 340 g/mol. The lowest BCUT2D eigenvalue weighted by atomic mass is 10.1. The summed E-state index contributed by atoms with van der Waals surface area (Å²) in [5.41, 5.74) is 2.06. The molecule has 5 nitrogen and oxygen atoms in total. The van der Waals surface area contributed by atoms with Crippen LogP contribution in [0, 0.1) is 0 Å². The molecule has 0 bridgehead atoms. The van der Waals surface area contributed by atoms with Crippen LogP contribution in [0.5, 0.6) is 11.5 Å². The number of rotatable bonds is 8. The van der Waals surface area contributed by atoms with Crippen molar-refractivity contribution in [1.29, 1.82) is 0 Å². The Morgan fingerprint density at radius 1 is 0.963 bits per heavy atom. The lowest BCUT2D eigenvalue weighted by Crippen LogP contribution is -2.31. The van der Waals surface area contributed by atoms with Gasteiger partial charge in [0.1, 0.15) is 18.1 Å². The first-order valence-electron chi connectivity index (χ1n) is 8.79. The summed E-state index contributed by atoms with van der Waals surface area (Å²) in [6.07, 6.45) is 3.44. The first kappa shape index (κ1) is 18.5. The standard InChI is InChI=1S/C22H22N2O3/c1-17(19-8-5-13-23-14-19)24-22(25)16-27-21-11-9-20(10-12-21)26-15-18-6-3-2-4-7-18/h2-14,17H,15-16H2,1H3,(H,24,25). The maximum Gasteiger partial charge on any atom is 0.258 e. The van der Waals surface area contributed by atoms with Gasteiger partial charge in [-0.15, -0.1) is 0 Å². The molecule has 138 valence electrons. The van der Waals surface area contributed by atoms with Crippen molar-refractivity contribution in [2.75, 3.05) is 6.61 Å². The van der Waals surface area contributed by atoms with Gasteiger partial charge in [0.25, 0.3) is 5.91 Å². The predicted octanol–water partition coefficient (Wildman–Crippen LogP) is 3.92. The van der Waals surface area contributed by atoms with Crippen molar-refractivity contribution in [1.82, 2.24) is 10.3 Å². The van der Waals surface area contributed by atoms with Crippen LogP contribution in [0.25, 0.3) is 0 Å². The van der Waals surface area contributed by atoms with Crippen molar-refractivity contribution < 1.29 is 14.3 Å². The van der Waals surface area contributed by atoms with Gasteiger partial charge in [0.2, 0.25) is 0 Å². The van der Waals surface area contributed by atoms with Gasteiger partial charge in [0, 0.05) is 12.4 Å². The lowest BCUT2D eigenvalue weighted by molar-refractivity contribution is -0.123. The summed E-state index contributed by atoms with van der Waals surface area (Å²) in [6.45, 7) is 2.37. The molecule has 0 fully saturated rings. The molecule has 1 unspecified atom stereocenters. The Morgan fingerprint density at radius 3 is 2.33 bits per heavy atom. The maximum atomic E-state index is 12.0. The zero-order chi connectivity index (χ0) is 18.9. The first-order valence-corrected chi connectivity index (χ1v) is 8.79. The van der Waals surface area contributed by atoms with E-state index in [-0.39, 0.29) is 18.6 Å². The number of carbonyl (C=O) groups excluding carboxylic acids is 1. The summed E-state index contributed by atoms with van der Waals surface area (Å²) >= 11 is 0. The number of pyridine rings is 1. The van der Waals surface area contributed by atoms with E-state index in [1.165, 1.54) is 0 Å². The van der Waals surface area contributed by atoms with Crippen LogP contribution in [0.1, 0.15) is 24.1 Å². The van der Waals surface area contributed by atoms with Gasteiger partial charge < -0.3 is 14.8 Å². The van der Waals surface area contributed by atoms with Gasteiger partial charge in [0.05, 0.1) is 6.04 Å². The van der Waals surface area contributed by atoms with E-state index < -0.39 is 0 Å². The molecule has 0 spiro atoms. The molecule has 1 heterocycles. The minimum Gasteiger partial charge on any atom is -0.489 e. The average Bonchev–Trinajstić information content (AvgIpc) is 2.73. The van der Waals surface area contributed by atoms with Gasteiger partial charge in [0.15, 0.2) is 6.61 Å². The molecule has 1 amide bonds. The highest BCUT2D eigenvalue weighted by Crippen LogP contribution is 2.19. The molecule has 2 aromatic carbocycles. The second kappa shape index (κ2) is 9.38. The van der Waals surface area contributed by atoms with Crippen molar-refractivity contribution in [3.05, 3.63) is 90.3 Å². The number of ether oxygens (including phenoxy) is 2. The molecule has 3 rings (SSSR count). The third-order valence-electron chi connectivity index (χ3n) is 4.00. The highest BCUT2D eigenvalue weighted by Gasteiger charge is 2.10. The first-order chi connectivity index (χ1) is 13.2. The molecule has 0 aliphatic carbocycles. The van der Waals surface area contributed by atoms with Crippen molar-refractivity contribution in [2.45, 2.75) is 19.6 Å². The van der Waals surface area contributed by atoms with Crippen LogP contribution in [-0.4, -0.2) is 17.5 Å². The van der Waals surface area contributed by atoms with Crippen molar-refractivity contribution in [3.63, 3.8) is 0 Å². The Bertz CT molecular complexity index is 836. The van der Waals surface area contributed by atoms with Crippen LogP contribution < -0.4 is 14.8 Å². The number of aromatic nitrogens is 1. The maximum absolute atomic E-state index is 12.0. The highest BCUT2D eigenvalue weighted by atomic mass is 16.5. The Morgan fingerprint density at radius 2 is 1.67 bits per heavy atom. The Labute approximate surface area is 159 Å². The fraction of sp³-hybridized carbons (Fsp3) is 0.182. The number of nitrogens with zero attached hydrogens (tertiary/aromatic N) is 1. The van der Waals surface area contributed by atoms with Crippen LogP contribution in [-0.2, 0) is 11.4 Å². The van der Waals surface area contributed by atoms with E-state index in [1.54, 1.807) is 24.5 Å². The molecule has 3 aromatic rings. The summed E-state index contributed by atoms with van der Waals surface area (Å²) in [5, 5.41) is 2.89. The van der Waals surface area contributed by atoms with E-state index >= 15 is 0 Å². The lowest BCUT2D eigenvalue weighted by Gasteiger charge is -2.14. The van der Waals surface area contributed by atoms with Crippen molar-refractivity contribution in [3.8, 4) is 11.5 Å². The van der Waals surface area contributed by atoms with Crippen LogP contribution >= 0.6 is 0 Å². The third kappa shape index (κ3) is 5.85. The predicted molar refractivity (Wildman–Crippen MR) is 104 cm³/mol. The van der Waals surface area contributed by atoms with Gasteiger partial charge in [-0.25, -0.2) is 0 Å². The fourth-order valence-corrected chi connectivity index (χ4v) is 2.52. The average molecular weight is 362 g/mol. The molecule has 1 N–H and O–H groups in total. The molecular formula is C22H22N2O3. The molecule has 0 aliphatic rings. The van der Waals surface area contributed by atoms with Gasteiger partial charge in [-0.3, -0.25) is 9.78 Å². The Balaban J connectivity index is 1.43. The third-order valence-corrected chi connectivity index (χ3v) is 4.00. The van der Waals surface area contributed by atoms with Crippen molar-refractivity contribution in [2.24, 2.45) is 0 Å². The quantitative estimate of drug-likeness (QED) is 0.660. The number of hydrogen-bond donors (Lipinski definition) is 1. The molecule has 0 saturated carbocycles. The van der Waals surface area contributed by atoms with Crippen LogP contribution in [0.3, 0.4) is 0 Å². The Hall–Kier alpha value is -3.34. The largest absolute Gasteiger partial charge is 0.489 e. The summed E-state index contributed by atoms with van der Waals surface area (Å²) in [5.74, 6) is 1.18. The summed E-state index contributed by atoms with van der Waals surface area (Å²) in [6, 6.07) is 20.9. The van der Waals surface area contributed by atoms with Gasteiger partial charge in [-0.05, 0) is 48.4 Å². The summed E-state index contributed by atoms with van der Waals surface area (Å²) in [4.78, 5) is 16.1. The van der Waals surface area contributed by atoms with Gasteiger partial charge in [-0.1, -0.05) is 36.4 Å². The zero-order valence-corrected chi connectivity index (χ0v) is 15.2. The minimum atomic E-state index is -0.184. The second-order valence-electron chi connectivity index (χ2n) is 6.11. The normalized spacial score (nSPS) is 11.4. The molecule has 27 heavy (non-hydrogen) atoms. The summed E-state index contributed by atoms with van der Waals surface area (Å²) in [7, 11) is 0. The zero-order valence-electron chi connectivity index (χ0n) is 15.2. The van der Waals surface area contributed by atoms with E-state index in [2.05, 4.69) is 10.3 Å². The SMILES string of the molecule is CC(NC(=O)COc1ccc(OCc2ccccc2)cc1)c1cccnc1. The molecule has 0 radical (unpaired) electrons. The van der Waals surface area contributed by atoms with Crippen LogP contribution in [0.15, 0.2) is 79.1 Å². The number of benzene rings is 2. The second-order valence-corrected chi connectivity index (χ2v) is 6.11. The fourth-order valence-electron chi connectivity index (χ4n) is 2.52. The smallest absolute Gasteiger partial charge is 0.258 e. The number of carbonyl (C=O) groups is 1. The van der Waals surface area contributed by atoms with Crippen LogP contribution in [0.4, 0.5) is 0 Å². The molecule has 0 saturated heterocycles. The molecule has 1 atom stereocenters. The highest BCUT2D eigenvalue weighted by molar-refractivity contribution is 5.78. The van der Waals surface area contributed by atoms with Crippen molar-refractivity contribution >= 4 is 5.91 Å². The van der Waals surface area contributed by atoms with Gasteiger partial charge >= 0.3 is 0 Å².